The van der Waals surface area contributed by atoms with Crippen LogP contribution in [0.25, 0.3) is 0 Å². The van der Waals surface area contributed by atoms with Gasteiger partial charge in [-0.25, -0.2) is 8.78 Å². The lowest BCUT2D eigenvalue weighted by atomic mass is 10.1. The SMILES string of the molecule is Cc1onc(C(=O)N2CCN3CCCC3C2)c1COc1ccc(F)cc1F. The monoisotopic (exact) mass is 377 g/mol. The molecule has 0 aliphatic carbocycles. The summed E-state index contributed by atoms with van der Waals surface area (Å²) in [6.07, 6.45) is 2.26. The standard InChI is InChI=1S/C19H21F2N3O3/c1-12-15(11-26-17-5-4-13(20)9-16(17)21)18(22-27-12)19(25)24-8-7-23-6-2-3-14(23)10-24/h4-5,9,14H,2-3,6-8,10-11H2,1H3. The van der Waals surface area contributed by atoms with Crippen molar-refractivity contribution in [1.82, 2.24) is 15.0 Å². The van der Waals surface area contributed by atoms with Crippen LogP contribution in [0.3, 0.4) is 0 Å². The van der Waals surface area contributed by atoms with Gasteiger partial charge in [-0.2, -0.15) is 0 Å². The molecule has 2 aliphatic heterocycles. The molecule has 0 saturated carbocycles. The number of aromatic nitrogens is 1. The molecule has 1 aromatic carbocycles. The molecule has 4 rings (SSSR count). The first-order valence-corrected chi connectivity index (χ1v) is 9.09. The van der Waals surface area contributed by atoms with E-state index in [1.807, 2.05) is 0 Å². The molecule has 144 valence electrons. The normalized spacial score (nSPS) is 20.0. The molecule has 1 amide bonds. The number of amides is 1. The van der Waals surface area contributed by atoms with E-state index >= 15 is 0 Å². The van der Waals surface area contributed by atoms with Crippen molar-refractivity contribution < 1.29 is 22.8 Å². The van der Waals surface area contributed by atoms with E-state index in [4.69, 9.17) is 9.26 Å². The maximum atomic E-state index is 13.8. The Morgan fingerprint density at radius 3 is 3.00 bits per heavy atom. The summed E-state index contributed by atoms with van der Waals surface area (Å²) in [7, 11) is 0. The van der Waals surface area contributed by atoms with Gasteiger partial charge >= 0.3 is 0 Å². The van der Waals surface area contributed by atoms with E-state index in [0.29, 0.717) is 30.5 Å². The minimum absolute atomic E-state index is 0.0810. The Morgan fingerprint density at radius 1 is 1.33 bits per heavy atom. The second-order valence-electron chi connectivity index (χ2n) is 7.01. The Morgan fingerprint density at radius 2 is 2.19 bits per heavy atom. The molecular formula is C19H21F2N3O3. The van der Waals surface area contributed by atoms with Crippen LogP contribution in [0.5, 0.6) is 5.75 Å². The van der Waals surface area contributed by atoms with Gasteiger partial charge in [0.1, 0.15) is 18.2 Å². The molecule has 2 aromatic rings. The summed E-state index contributed by atoms with van der Waals surface area (Å²) in [5.74, 6) is -1.32. The number of rotatable bonds is 4. The highest BCUT2D eigenvalue weighted by Gasteiger charge is 2.34. The number of nitrogens with zero attached hydrogens (tertiary/aromatic N) is 3. The van der Waals surface area contributed by atoms with Gasteiger partial charge in [0.25, 0.3) is 5.91 Å². The maximum Gasteiger partial charge on any atom is 0.276 e. The Labute approximate surface area is 155 Å². The lowest BCUT2D eigenvalue weighted by molar-refractivity contribution is 0.0559. The first kappa shape index (κ1) is 17.9. The molecule has 2 saturated heterocycles. The van der Waals surface area contributed by atoms with E-state index in [1.54, 1.807) is 11.8 Å². The third kappa shape index (κ3) is 3.53. The largest absolute Gasteiger partial charge is 0.486 e. The van der Waals surface area contributed by atoms with Crippen molar-refractivity contribution in [2.75, 3.05) is 26.2 Å². The van der Waals surface area contributed by atoms with Gasteiger partial charge in [-0.15, -0.1) is 0 Å². The summed E-state index contributed by atoms with van der Waals surface area (Å²) in [6.45, 7) is 4.88. The first-order chi connectivity index (χ1) is 13.0. The minimum Gasteiger partial charge on any atom is -0.486 e. The Balaban J connectivity index is 1.48. The molecule has 27 heavy (non-hydrogen) atoms. The lowest BCUT2D eigenvalue weighted by Crippen LogP contribution is -2.52. The van der Waals surface area contributed by atoms with E-state index in [9.17, 15) is 13.6 Å². The van der Waals surface area contributed by atoms with Crippen LogP contribution in [-0.2, 0) is 6.61 Å². The molecule has 8 heteroatoms. The molecule has 2 aliphatic rings. The summed E-state index contributed by atoms with van der Waals surface area (Å²) >= 11 is 0. The predicted molar refractivity (Wildman–Crippen MR) is 92.4 cm³/mol. The average Bonchev–Trinajstić information content (AvgIpc) is 3.26. The maximum absolute atomic E-state index is 13.8. The zero-order valence-electron chi connectivity index (χ0n) is 15.1. The van der Waals surface area contributed by atoms with Crippen LogP contribution in [0.4, 0.5) is 8.78 Å². The third-order valence-corrected chi connectivity index (χ3v) is 5.33. The number of aryl methyl sites for hydroxylation is 1. The van der Waals surface area contributed by atoms with E-state index in [1.165, 1.54) is 6.07 Å². The van der Waals surface area contributed by atoms with Crippen molar-refractivity contribution >= 4 is 5.91 Å². The number of fused-ring (bicyclic) bond motifs is 1. The highest BCUT2D eigenvalue weighted by molar-refractivity contribution is 5.94. The molecule has 0 radical (unpaired) electrons. The number of carbonyl (C=O) groups is 1. The quantitative estimate of drug-likeness (QED) is 0.820. The highest BCUT2D eigenvalue weighted by atomic mass is 19.1. The van der Waals surface area contributed by atoms with Crippen molar-refractivity contribution in [1.29, 1.82) is 0 Å². The van der Waals surface area contributed by atoms with Crippen molar-refractivity contribution in [3.05, 3.63) is 46.9 Å². The minimum atomic E-state index is -0.797. The molecular weight excluding hydrogens is 356 g/mol. The predicted octanol–water partition coefficient (Wildman–Crippen LogP) is 2.76. The van der Waals surface area contributed by atoms with Crippen LogP contribution >= 0.6 is 0 Å². The number of ether oxygens (including phenoxy) is 1. The second kappa shape index (κ2) is 7.26. The molecule has 6 nitrogen and oxygen atoms in total. The number of piperazine rings is 1. The third-order valence-electron chi connectivity index (χ3n) is 5.33. The van der Waals surface area contributed by atoms with Gasteiger partial charge in [0, 0.05) is 31.7 Å². The average molecular weight is 377 g/mol. The van der Waals surface area contributed by atoms with Crippen LogP contribution < -0.4 is 4.74 Å². The van der Waals surface area contributed by atoms with Crippen molar-refractivity contribution in [3.63, 3.8) is 0 Å². The second-order valence-corrected chi connectivity index (χ2v) is 7.01. The number of hydrogen-bond donors (Lipinski definition) is 0. The zero-order chi connectivity index (χ0) is 19.0. The summed E-state index contributed by atoms with van der Waals surface area (Å²) in [5.41, 5.74) is 0.680. The molecule has 1 aromatic heterocycles. The summed E-state index contributed by atoms with van der Waals surface area (Å²) < 4.78 is 37.4. The molecule has 2 fully saturated rings. The fraction of sp³-hybridized carbons (Fsp3) is 0.474. The smallest absolute Gasteiger partial charge is 0.276 e. The topological polar surface area (TPSA) is 58.8 Å². The summed E-state index contributed by atoms with van der Waals surface area (Å²) in [4.78, 5) is 17.2. The number of halogens is 2. The van der Waals surface area contributed by atoms with Gasteiger partial charge in [-0.3, -0.25) is 9.69 Å². The number of hydrogen-bond acceptors (Lipinski definition) is 5. The van der Waals surface area contributed by atoms with Crippen molar-refractivity contribution in [2.24, 2.45) is 0 Å². The number of carbonyl (C=O) groups excluding carboxylic acids is 1. The molecule has 3 heterocycles. The van der Waals surface area contributed by atoms with Gasteiger partial charge in [0.15, 0.2) is 17.3 Å². The fourth-order valence-corrected chi connectivity index (χ4v) is 3.80. The van der Waals surface area contributed by atoms with Gasteiger partial charge in [0.05, 0.1) is 5.56 Å². The van der Waals surface area contributed by atoms with Crippen LogP contribution in [0, 0.1) is 18.6 Å². The molecule has 1 unspecified atom stereocenters. The highest BCUT2D eigenvalue weighted by Crippen LogP contribution is 2.25. The van der Waals surface area contributed by atoms with E-state index in [-0.39, 0.29) is 24.0 Å². The Bertz CT molecular complexity index is 855. The fourth-order valence-electron chi connectivity index (χ4n) is 3.80. The van der Waals surface area contributed by atoms with Crippen LogP contribution in [-0.4, -0.2) is 53.1 Å². The molecule has 0 bridgehead atoms. The van der Waals surface area contributed by atoms with Crippen LogP contribution in [0.1, 0.15) is 34.7 Å². The van der Waals surface area contributed by atoms with Gasteiger partial charge in [-0.05, 0) is 38.4 Å². The first-order valence-electron chi connectivity index (χ1n) is 9.09. The number of benzene rings is 1. The van der Waals surface area contributed by atoms with Gasteiger partial charge in [0.2, 0.25) is 0 Å². The summed E-state index contributed by atoms with van der Waals surface area (Å²) in [5, 5.41) is 3.91. The van der Waals surface area contributed by atoms with Gasteiger partial charge in [-0.1, -0.05) is 5.16 Å². The Hall–Kier alpha value is -2.48. The lowest BCUT2D eigenvalue weighted by Gasteiger charge is -2.37. The van der Waals surface area contributed by atoms with Crippen molar-refractivity contribution in [3.8, 4) is 5.75 Å². The van der Waals surface area contributed by atoms with E-state index in [2.05, 4.69) is 10.1 Å². The van der Waals surface area contributed by atoms with Gasteiger partial charge < -0.3 is 14.2 Å². The van der Waals surface area contributed by atoms with Crippen LogP contribution in [0.15, 0.2) is 22.7 Å². The van der Waals surface area contributed by atoms with Crippen molar-refractivity contribution in [2.45, 2.75) is 32.4 Å². The molecule has 1 atom stereocenters. The Kier molecular flexibility index (Phi) is 4.82. The summed E-state index contributed by atoms with van der Waals surface area (Å²) in [6, 6.07) is 3.49. The van der Waals surface area contributed by atoms with E-state index < -0.39 is 11.6 Å². The van der Waals surface area contributed by atoms with Crippen LogP contribution in [0.2, 0.25) is 0 Å². The molecule has 0 spiro atoms. The molecule has 0 N–H and O–H groups in total. The zero-order valence-corrected chi connectivity index (χ0v) is 15.1. The van der Waals surface area contributed by atoms with E-state index in [0.717, 1.165) is 38.1 Å².